The summed E-state index contributed by atoms with van der Waals surface area (Å²) in [5, 5.41) is 0.635. The molecule has 2 heterocycles. The molecule has 7 heteroatoms. The van der Waals surface area contributed by atoms with Crippen molar-refractivity contribution in [2.24, 2.45) is 4.99 Å². The van der Waals surface area contributed by atoms with E-state index in [2.05, 4.69) is 4.90 Å². The van der Waals surface area contributed by atoms with Gasteiger partial charge in [-0.3, -0.25) is 4.79 Å². The van der Waals surface area contributed by atoms with E-state index in [-0.39, 0.29) is 12.5 Å². The Labute approximate surface area is 191 Å². The summed E-state index contributed by atoms with van der Waals surface area (Å²) in [6, 6.07) is 22.7. The monoisotopic (exact) mass is 447 g/mol. The Morgan fingerprint density at radius 3 is 2.38 bits per heavy atom. The minimum atomic E-state index is -0.0310. The molecule has 1 fully saturated rings. The van der Waals surface area contributed by atoms with E-state index in [4.69, 9.17) is 26.1 Å². The molecule has 6 nitrogen and oxygen atoms in total. The smallest absolute Gasteiger partial charge is 0.260 e. The Morgan fingerprint density at radius 2 is 1.59 bits per heavy atom. The van der Waals surface area contributed by atoms with Crippen LogP contribution < -0.4 is 9.47 Å². The van der Waals surface area contributed by atoms with Crippen LogP contribution >= 0.6 is 11.6 Å². The number of aliphatic imine (C=N–C) groups is 1. The summed E-state index contributed by atoms with van der Waals surface area (Å²) < 4.78 is 11.8. The van der Waals surface area contributed by atoms with Gasteiger partial charge in [-0.1, -0.05) is 35.9 Å². The summed E-state index contributed by atoms with van der Waals surface area (Å²) in [5.74, 6) is 2.99. The van der Waals surface area contributed by atoms with Crippen LogP contribution in [0.2, 0.25) is 5.02 Å². The first-order valence-electron chi connectivity index (χ1n) is 10.5. The number of halogens is 1. The number of amides is 1. The van der Waals surface area contributed by atoms with Crippen molar-refractivity contribution in [1.29, 1.82) is 0 Å². The molecule has 1 amide bonds. The lowest BCUT2D eigenvalue weighted by Crippen LogP contribution is -2.51. The zero-order valence-corrected chi connectivity index (χ0v) is 18.2. The minimum absolute atomic E-state index is 0.00657. The highest BCUT2D eigenvalue weighted by Crippen LogP contribution is 2.37. The highest BCUT2D eigenvalue weighted by atomic mass is 35.5. The van der Waals surface area contributed by atoms with Gasteiger partial charge in [-0.05, 0) is 48.5 Å². The first-order valence-corrected chi connectivity index (χ1v) is 10.9. The molecule has 162 valence electrons. The number of carbonyl (C=O) groups excluding carboxylic acids is 1. The molecular weight excluding hydrogens is 426 g/mol. The number of hydrogen-bond acceptors (Lipinski definition) is 5. The van der Waals surface area contributed by atoms with Crippen LogP contribution in [0.15, 0.2) is 77.8 Å². The van der Waals surface area contributed by atoms with Gasteiger partial charge in [0.2, 0.25) is 0 Å². The molecule has 1 saturated heterocycles. The van der Waals surface area contributed by atoms with Crippen LogP contribution in [0, 0.1) is 0 Å². The van der Waals surface area contributed by atoms with Crippen molar-refractivity contribution in [3.05, 3.63) is 83.4 Å². The Kier molecular flexibility index (Phi) is 5.69. The van der Waals surface area contributed by atoms with Gasteiger partial charge in [-0.15, -0.1) is 0 Å². The molecule has 0 aromatic heterocycles. The maximum Gasteiger partial charge on any atom is 0.260 e. The van der Waals surface area contributed by atoms with Crippen molar-refractivity contribution >= 4 is 29.0 Å². The van der Waals surface area contributed by atoms with Gasteiger partial charge in [0.25, 0.3) is 5.91 Å². The molecule has 0 spiro atoms. The van der Waals surface area contributed by atoms with E-state index in [9.17, 15) is 4.79 Å². The molecule has 0 N–H and O–H groups in total. The zero-order valence-electron chi connectivity index (χ0n) is 17.4. The average Bonchev–Trinajstić information content (AvgIpc) is 3.00. The summed E-state index contributed by atoms with van der Waals surface area (Å²) in [5.41, 5.74) is 1.75. The van der Waals surface area contributed by atoms with Crippen LogP contribution in [0.4, 0.5) is 5.69 Å². The van der Waals surface area contributed by atoms with Gasteiger partial charge in [0, 0.05) is 31.2 Å². The van der Waals surface area contributed by atoms with Crippen LogP contribution in [-0.2, 0) is 4.79 Å². The summed E-state index contributed by atoms with van der Waals surface area (Å²) in [7, 11) is 0. The second-order valence-electron chi connectivity index (χ2n) is 7.61. The number of hydrogen-bond donors (Lipinski definition) is 0. The van der Waals surface area contributed by atoms with Gasteiger partial charge >= 0.3 is 0 Å². The number of carbonyl (C=O) groups is 1. The maximum absolute atomic E-state index is 12.6. The van der Waals surface area contributed by atoms with Crippen LogP contribution in [0.3, 0.4) is 0 Å². The number of benzene rings is 3. The third-order valence-electron chi connectivity index (χ3n) is 5.55. The van der Waals surface area contributed by atoms with Crippen molar-refractivity contribution in [3.8, 4) is 17.2 Å². The third-order valence-corrected chi connectivity index (χ3v) is 5.80. The molecule has 0 aliphatic carbocycles. The average molecular weight is 448 g/mol. The fourth-order valence-electron chi connectivity index (χ4n) is 3.84. The van der Waals surface area contributed by atoms with Gasteiger partial charge in [0.1, 0.15) is 23.0 Å². The van der Waals surface area contributed by atoms with Gasteiger partial charge in [0.05, 0.1) is 5.56 Å². The Balaban J connectivity index is 1.28. The summed E-state index contributed by atoms with van der Waals surface area (Å²) in [4.78, 5) is 21.6. The van der Waals surface area contributed by atoms with Gasteiger partial charge < -0.3 is 19.3 Å². The lowest BCUT2D eigenvalue weighted by Gasteiger charge is -2.36. The van der Waals surface area contributed by atoms with E-state index in [1.165, 1.54) is 0 Å². The quantitative estimate of drug-likeness (QED) is 0.581. The van der Waals surface area contributed by atoms with E-state index in [1.54, 1.807) is 24.3 Å². The first kappa shape index (κ1) is 20.4. The molecule has 0 atom stereocenters. The number of fused-ring (bicyclic) bond motifs is 2. The summed E-state index contributed by atoms with van der Waals surface area (Å²) in [6.45, 7) is 2.58. The minimum Gasteiger partial charge on any atom is -0.484 e. The number of ether oxygens (including phenoxy) is 2. The second kappa shape index (κ2) is 8.93. The standard InChI is InChI=1S/C25H22ClN3O3/c26-18-9-11-19(12-10-18)31-17-24(30)28-13-15-29(16-14-28)25-20-5-1-3-7-22(20)32-23-8-4-2-6-21(23)27-25/h1-12H,13-17H2. The summed E-state index contributed by atoms with van der Waals surface area (Å²) >= 11 is 5.89. The van der Waals surface area contributed by atoms with Crippen molar-refractivity contribution in [3.63, 3.8) is 0 Å². The molecule has 5 rings (SSSR count). The second-order valence-corrected chi connectivity index (χ2v) is 8.05. The number of rotatable bonds is 3. The number of piperazine rings is 1. The van der Waals surface area contributed by atoms with Crippen LogP contribution in [0.25, 0.3) is 0 Å². The third kappa shape index (κ3) is 4.27. The van der Waals surface area contributed by atoms with Gasteiger partial charge in [0.15, 0.2) is 12.4 Å². The van der Waals surface area contributed by atoms with E-state index >= 15 is 0 Å². The topological polar surface area (TPSA) is 54.4 Å². The van der Waals surface area contributed by atoms with Crippen molar-refractivity contribution in [2.45, 2.75) is 0 Å². The fourth-order valence-corrected chi connectivity index (χ4v) is 3.97. The predicted molar refractivity (Wildman–Crippen MR) is 124 cm³/mol. The van der Waals surface area contributed by atoms with E-state index in [0.29, 0.717) is 37.0 Å². The molecule has 2 aliphatic rings. The normalized spacial score (nSPS) is 15.1. The molecule has 0 unspecified atom stereocenters. The Bertz CT molecular complexity index is 1160. The molecule has 0 saturated carbocycles. The molecule has 3 aromatic rings. The SMILES string of the molecule is O=C(COc1ccc(Cl)cc1)N1CCN(C2=Nc3ccccc3Oc3ccccc32)CC1. The van der Waals surface area contributed by atoms with Crippen molar-refractivity contribution in [1.82, 2.24) is 9.80 Å². The number of para-hydroxylation sites is 3. The zero-order chi connectivity index (χ0) is 21.9. The van der Waals surface area contributed by atoms with E-state index in [1.807, 2.05) is 53.4 Å². The van der Waals surface area contributed by atoms with Crippen LogP contribution in [-0.4, -0.2) is 54.3 Å². The Hall–Kier alpha value is -3.51. The van der Waals surface area contributed by atoms with Gasteiger partial charge in [-0.25, -0.2) is 4.99 Å². The molecule has 0 radical (unpaired) electrons. The fraction of sp³-hybridized carbons (Fsp3) is 0.200. The molecule has 32 heavy (non-hydrogen) atoms. The van der Waals surface area contributed by atoms with E-state index < -0.39 is 0 Å². The molecular formula is C25H22ClN3O3. The van der Waals surface area contributed by atoms with Crippen LogP contribution in [0.1, 0.15) is 5.56 Å². The van der Waals surface area contributed by atoms with Crippen molar-refractivity contribution < 1.29 is 14.3 Å². The number of nitrogens with zero attached hydrogens (tertiary/aromatic N) is 3. The molecule has 0 bridgehead atoms. The van der Waals surface area contributed by atoms with E-state index in [0.717, 1.165) is 28.6 Å². The summed E-state index contributed by atoms with van der Waals surface area (Å²) in [6.07, 6.45) is 0. The van der Waals surface area contributed by atoms with Crippen molar-refractivity contribution in [2.75, 3.05) is 32.8 Å². The first-order chi connectivity index (χ1) is 15.7. The Morgan fingerprint density at radius 1 is 0.906 bits per heavy atom. The maximum atomic E-state index is 12.6. The number of amidine groups is 1. The highest BCUT2D eigenvalue weighted by molar-refractivity contribution is 6.30. The largest absolute Gasteiger partial charge is 0.484 e. The predicted octanol–water partition coefficient (Wildman–Crippen LogP) is 4.75. The molecule has 3 aromatic carbocycles. The highest BCUT2D eigenvalue weighted by Gasteiger charge is 2.27. The molecule has 2 aliphatic heterocycles. The van der Waals surface area contributed by atoms with Gasteiger partial charge in [-0.2, -0.15) is 0 Å². The lowest BCUT2D eigenvalue weighted by atomic mass is 10.1. The van der Waals surface area contributed by atoms with Crippen LogP contribution in [0.5, 0.6) is 17.2 Å². The lowest BCUT2D eigenvalue weighted by molar-refractivity contribution is -0.134.